The van der Waals surface area contributed by atoms with Crippen LogP contribution < -0.4 is 0 Å². The van der Waals surface area contributed by atoms with Gasteiger partial charge in [0.1, 0.15) is 6.10 Å². The molecule has 0 saturated carbocycles. The van der Waals surface area contributed by atoms with Crippen molar-refractivity contribution in [2.75, 3.05) is 7.11 Å². The monoisotopic (exact) mass is 212 g/mol. The van der Waals surface area contributed by atoms with Gasteiger partial charge in [0, 0.05) is 5.02 Å². The van der Waals surface area contributed by atoms with Crippen LogP contribution in [0.25, 0.3) is 0 Å². The van der Waals surface area contributed by atoms with E-state index >= 15 is 0 Å². The third kappa shape index (κ3) is 1.74. The summed E-state index contributed by atoms with van der Waals surface area (Å²) >= 11 is 5.73. The molecule has 74 valence electrons. The third-order valence-electron chi connectivity index (χ3n) is 2.12. The Balaban J connectivity index is 2.06. The second-order valence-electron chi connectivity index (χ2n) is 3.05. The van der Waals surface area contributed by atoms with Gasteiger partial charge < -0.3 is 9.47 Å². The van der Waals surface area contributed by atoms with Gasteiger partial charge in [-0.25, -0.2) is 4.79 Å². The van der Waals surface area contributed by atoms with Crippen LogP contribution in [0.4, 0.5) is 0 Å². The fraction of sp³-hybridized carbons (Fsp3) is 0.300. The van der Waals surface area contributed by atoms with Crippen molar-refractivity contribution in [1.82, 2.24) is 0 Å². The van der Waals surface area contributed by atoms with Crippen LogP contribution in [-0.4, -0.2) is 19.2 Å². The molecule has 0 amide bonds. The number of carbonyl (C=O) groups excluding carboxylic acids is 1. The lowest BCUT2D eigenvalue weighted by atomic mass is 10.1. The minimum absolute atomic E-state index is 0.167. The van der Waals surface area contributed by atoms with Crippen molar-refractivity contribution in [2.24, 2.45) is 0 Å². The number of halogens is 1. The molecule has 0 N–H and O–H groups in total. The maximum atomic E-state index is 11.1. The summed E-state index contributed by atoms with van der Waals surface area (Å²) in [4.78, 5) is 11.1. The molecule has 1 aliphatic heterocycles. The van der Waals surface area contributed by atoms with Crippen molar-refractivity contribution in [3.8, 4) is 0 Å². The first-order valence-electron chi connectivity index (χ1n) is 4.21. The van der Waals surface area contributed by atoms with Crippen LogP contribution in [0.15, 0.2) is 24.3 Å². The van der Waals surface area contributed by atoms with Gasteiger partial charge in [-0.3, -0.25) is 0 Å². The Bertz CT molecular complexity index is 347. The Morgan fingerprint density at radius 2 is 2.07 bits per heavy atom. The zero-order valence-corrected chi connectivity index (χ0v) is 8.32. The minimum atomic E-state index is -0.443. The van der Waals surface area contributed by atoms with Crippen LogP contribution in [0.2, 0.25) is 5.02 Å². The number of esters is 1. The molecule has 2 rings (SSSR count). The summed E-state index contributed by atoms with van der Waals surface area (Å²) in [6, 6.07) is 7.23. The van der Waals surface area contributed by atoms with Crippen molar-refractivity contribution in [2.45, 2.75) is 12.2 Å². The zero-order valence-electron chi connectivity index (χ0n) is 7.57. The van der Waals surface area contributed by atoms with Crippen LogP contribution in [0.1, 0.15) is 11.7 Å². The molecule has 0 bridgehead atoms. The van der Waals surface area contributed by atoms with E-state index in [9.17, 15) is 4.79 Å². The molecular weight excluding hydrogens is 204 g/mol. The van der Waals surface area contributed by atoms with Gasteiger partial charge in [-0.15, -0.1) is 0 Å². The predicted molar refractivity (Wildman–Crippen MR) is 51.1 cm³/mol. The average molecular weight is 213 g/mol. The highest BCUT2D eigenvalue weighted by atomic mass is 35.5. The number of hydrogen-bond acceptors (Lipinski definition) is 3. The molecule has 0 spiro atoms. The highest BCUT2D eigenvalue weighted by molar-refractivity contribution is 6.30. The van der Waals surface area contributed by atoms with E-state index in [1.807, 2.05) is 12.1 Å². The highest BCUT2D eigenvalue weighted by Crippen LogP contribution is 2.39. The van der Waals surface area contributed by atoms with E-state index in [0.29, 0.717) is 5.02 Å². The summed E-state index contributed by atoms with van der Waals surface area (Å²) in [6.45, 7) is 0. The standard InChI is InChI=1S/C10H9ClO3/c1-13-10(12)9-8(14-9)6-2-4-7(11)5-3-6/h2-5,8-9H,1H3/t8-,9-/m1/s1. The third-order valence-corrected chi connectivity index (χ3v) is 2.38. The zero-order chi connectivity index (χ0) is 10.1. The highest BCUT2D eigenvalue weighted by Gasteiger charge is 2.47. The number of benzene rings is 1. The van der Waals surface area contributed by atoms with Gasteiger partial charge in [0.05, 0.1) is 7.11 Å². The largest absolute Gasteiger partial charge is 0.467 e. The molecule has 0 unspecified atom stereocenters. The minimum Gasteiger partial charge on any atom is -0.467 e. The summed E-state index contributed by atoms with van der Waals surface area (Å²) in [5.74, 6) is -0.329. The van der Waals surface area contributed by atoms with E-state index in [-0.39, 0.29) is 12.1 Å². The molecule has 4 heteroatoms. The summed E-state index contributed by atoms with van der Waals surface area (Å²) in [5.41, 5.74) is 0.949. The number of epoxide rings is 1. The first kappa shape index (κ1) is 9.49. The molecule has 0 radical (unpaired) electrons. The van der Waals surface area contributed by atoms with E-state index in [1.165, 1.54) is 7.11 Å². The molecule has 0 aliphatic carbocycles. The summed E-state index contributed by atoms with van der Waals surface area (Å²) in [7, 11) is 1.35. The van der Waals surface area contributed by atoms with Crippen LogP contribution in [0, 0.1) is 0 Å². The number of hydrogen-bond donors (Lipinski definition) is 0. The van der Waals surface area contributed by atoms with Crippen LogP contribution in [-0.2, 0) is 14.3 Å². The second kappa shape index (κ2) is 3.59. The summed E-state index contributed by atoms with van der Waals surface area (Å²) in [6.07, 6.45) is -0.610. The molecule has 1 fully saturated rings. The van der Waals surface area contributed by atoms with Gasteiger partial charge in [0.25, 0.3) is 0 Å². The normalized spacial score (nSPS) is 24.4. The lowest BCUT2D eigenvalue weighted by molar-refractivity contribution is -0.142. The summed E-state index contributed by atoms with van der Waals surface area (Å²) in [5, 5.41) is 0.670. The fourth-order valence-electron chi connectivity index (χ4n) is 1.31. The van der Waals surface area contributed by atoms with Crippen molar-refractivity contribution in [3.63, 3.8) is 0 Å². The van der Waals surface area contributed by atoms with Crippen LogP contribution >= 0.6 is 11.6 Å². The smallest absolute Gasteiger partial charge is 0.338 e. The topological polar surface area (TPSA) is 38.8 Å². The molecule has 1 saturated heterocycles. The lowest BCUT2D eigenvalue weighted by Crippen LogP contribution is -2.09. The molecule has 1 aliphatic rings. The summed E-state index contributed by atoms with van der Waals surface area (Å²) < 4.78 is 9.74. The Kier molecular flexibility index (Phi) is 2.44. The van der Waals surface area contributed by atoms with E-state index in [1.54, 1.807) is 12.1 Å². The van der Waals surface area contributed by atoms with Gasteiger partial charge >= 0.3 is 5.97 Å². The molecule has 14 heavy (non-hydrogen) atoms. The lowest BCUT2D eigenvalue weighted by Gasteiger charge is -1.95. The first-order chi connectivity index (χ1) is 6.72. The van der Waals surface area contributed by atoms with E-state index in [0.717, 1.165) is 5.56 Å². The first-order valence-corrected chi connectivity index (χ1v) is 4.59. The molecule has 1 aromatic rings. The molecule has 1 aromatic carbocycles. The number of rotatable bonds is 2. The maximum absolute atomic E-state index is 11.1. The van der Waals surface area contributed by atoms with E-state index in [4.69, 9.17) is 16.3 Å². The molecule has 1 heterocycles. The van der Waals surface area contributed by atoms with Gasteiger partial charge in [-0.05, 0) is 17.7 Å². The fourth-order valence-corrected chi connectivity index (χ4v) is 1.44. The van der Waals surface area contributed by atoms with Crippen molar-refractivity contribution >= 4 is 17.6 Å². The van der Waals surface area contributed by atoms with Crippen molar-refractivity contribution < 1.29 is 14.3 Å². The van der Waals surface area contributed by atoms with Crippen LogP contribution in [0.5, 0.6) is 0 Å². The predicted octanol–water partition coefficient (Wildman–Crippen LogP) is 1.95. The Hall–Kier alpha value is -1.06. The number of ether oxygens (including phenoxy) is 2. The maximum Gasteiger partial charge on any atom is 0.338 e. The Labute approximate surface area is 86.6 Å². The van der Waals surface area contributed by atoms with E-state index < -0.39 is 6.10 Å². The molecule has 2 atom stereocenters. The van der Waals surface area contributed by atoms with Gasteiger partial charge in [-0.1, -0.05) is 23.7 Å². The van der Waals surface area contributed by atoms with Gasteiger partial charge in [-0.2, -0.15) is 0 Å². The van der Waals surface area contributed by atoms with Crippen LogP contribution in [0.3, 0.4) is 0 Å². The average Bonchev–Trinajstić information content (AvgIpc) is 2.98. The van der Waals surface area contributed by atoms with Crippen molar-refractivity contribution in [1.29, 1.82) is 0 Å². The molecule has 3 nitrogen and oxygen atoms in total. The second-order valence-corrected chi connectivity index (χ2v) is 3.49. The van der Waals surface area contributed by atoms with Gasteiger partial charge in [0.2, 0.25) is 0 Å². The van der Waals surface area contributed by atoms with Gasteiger partial charge in [0.15, 0.2) is 6.10 Å². The molecular formula is C10H9ClO3. The number of methoxy groups -OCH3 is 1. The number of carbonyl (C=O) groups is 1. The van der Waals surface area contributed by atoms with Crippen molar-refractivity contribution in [3.05, 3.63) is 34.9 Å². The quantitative estimate of drug-likeness (QED) is 0.556. The molecule has 0 aromatic heterocycles. The Morgan fingerprint density at radius 1 is 1.43 bits per heavy atom. The SMILES string of the molecule is COC(=O)[C@@H]1O[C@@H]1c1ccc(Cl)cc1. The Morgan fingerprint density at radius 3 is 2.64 bits per heavy atom. The van der Waals surface area contributed by atoms with E-state index in [2.05, 4.69) is 4.74 Å².